The highest BCUT2D eigenvalue weighted by Gasteiger charge is 2.24. The van der Waals surface area contributed by atoms with Crippen molar-refractivity contribution in [3.8, 4) is 6.07 Å². The Morgan fingerprint density at radius 3 is 2.38 bits per heavy atom. The van der Waals surface area contributed by atoms with Crippen LogP contribution in [0.2, 0.25) is 10.0 Å². The van der Waals surface area contributed by atoms with Crippen molar-refractivity contribution in [3.05, 3.63) is 69.2 Å². The third-order valence-electron chi connectivity index (χ3n) is 2.87. The molecule has 0 bridgehead atoms. The number of benzene rings is 2. The third-order valence-corrected chi connectivity index (χ3v) is 3.49. The topological polar surface area (TPSA) is 40.9 Å². The maximum absolute atomic E-state index is 13.1. The van der Waals surface area contributed by atoms with E-state index in [2.05, 4.69) is 0 Å². The monoisotopic (exact) mass is 325 g/mol. The maximum Gasteiger partial charge on any atom is 0.184 e. The van der Waals surface area contributed by atoms with Gasteiger partial charge in [0.15, 0.2) is 5.78 Å². The van der Waals surface area contributed by atoms with Crippen molar-refractivity contribution in [2.24, 2.45) is 0 Å². The number of hydrogen-bond donors (Lipinski definition) is 0. The van der Waals surface area contributed by atoms with Crippen molar-refractivity contribution in [1.82, 2.24) is 0 Å². The summed E-state index contributed by atoms with van der Waals surface area (Å²) in [6, 6.07) is 8.62. The Kier molecular flexibility index (Phi) is 4.56. The van der Waals surface area contributed by atoms with E-state index in [1.165, 1.54) is 12.1 Å². The first-order valence-corrected chi connectivity index (χ1v) is 6.53. The second-order valence-electron chi connectivity index (χ2n) is 4.22. The number of halogens is 4. The molecular formula is C15H7Cl2F2NO. The SMILES string of the molecule is N#CC(C(=O)c1ccc(F)c(Cl)c1)c1ccc(F)cc1Cl. The van der Waals surface area contributed by atoms with Crippen molar-refractivity contribution in [2.45, 2.75) is 5.92 Å². The summed E-state index contributed by atoms with van der Waals surface area (Å²) in [5.41, 5.74) is 0.263. The standard InChI is InChI=1S/C15H7Cl2F2NO/c16-12-6-9(18)2-3-10(12)11(7-20)15(21)8-1-4-14(19)13(17)5-8/h1-6,11H. The Morgan fingerprint density at radius 1 is 1.10 bits per heavy atom. The van der Waals surface area contributed by atoms with Crippen LogP contribution in [0.3, 0.4) is 0 Å². The van der Waals surface area contributed by atoms with E-state index in [0.717, 1.165) is 24.3 Å². The highest BCUT2D eigenvalue weighted by Crippen LogP contribution is 2.29. The Balaban J connectivity index is 2.43. The lowest BCUT2D eigenvalue weighted by Crippen LogP contribution is -2.12. The smallest absolute Gasteiger partial charge is 0.184 e. The lowest BCUT2D eigenvalue weighted by molar-refractivity contribution is 0.0979. The van der Waals surface area contributed by atoms with Gasteiger partial charge in [-0.2, -0.15) is 5.26 Å². The molecule has 0 aliphatic rings. The van der Waals surface area contributed by atoms with Crippen molar-refractivity contribution in [3.63, 3.8) is 0 Å². The predicted octanol–water partition coefficient (Wildman–Crippen LogP) is 4.76. The molecule has 6 heteroatoms. The van der Waals surface area contributed by atoms with Gasteiger partial charge in [0.1, 0.15) is 17.6 Å². The predicted molar refractivity (Wildman–Crippen MR) is 75.5 cm³/mol. The molecule has 1 atom stereocenters. The summed E-state index contributed by atoms with van der Waals surface area (Å²) >= 11 is 11.5. The number of nitrogens with zero attached hydrogens (tertiary/aromatic N) is 1. The molecule has 0 saturated carbocycles. The molecule has 21 heavy (non-hydrogen) atoms. The number of hydrogen-bond acceptors (Lipinski definition) is 2. The number of ketones is 1. The van der Waals surface area contributed by atoms with E-state index < -0.39 is 23.3 Å². The molecular weight excluding hydrogens is 319 g/mol. The summed E-state index contributed by atoms with van der Waals surface area (Å²) in [6.45, 7) is 0. The molecule has 2 aromatic carbocycles. The van der Waals surface area contributed by atoms with Gasteiger partial charge in [0.25, 0.3) is 0 Å². The molecule has 1 unspecified atom stereocenters. The molecule has 0 spiro atoms. The minimum atomic E-state index is -1.22. The summed E-state index contributed by atoms with van der Waals surface area (Å²) in [4.78, 5) is 12.3. The van der Waals surface area contributed by atoms with Crippen LogP contribution in [-0.4, -0.2) is 5.78 Å². The van der Waals surface area contributed by atoms with E-state index in [1.807, 2.05) is 6.07 Å². The van der Waals surface area contributed by atoms with Crippen LogP contribution in [0, 0.1) is 23.0 Å². The summed E-state index contributed by atoms with van der Waals surface area (Å²) < 4.78 is 26.1. The number of nitriles is 1. The van der Waals surface area contributed by atoms with Gasteiger partial charge in [-0.15, -0.1) is 0 Å². The Hall–Kier alpha value is -1.96. The lowest BCUT2D eigenvalue weighted by atomic mass is 9.92. The van der Waals surface area contributed by atoms with Crippen molar-refractivity contribution < 1.29 is 13.6 Å². The highest BCUT2D eigenvalue weighted by molar-refractivity contribution is 6.32. The molecule has 0 aliphatic carbocycles. The van der Waals surface area contributed by atoms with Gasteiger partial charge in [0, 0.05) is 10.6 Å². The molecule has 0 aromatic heterocycles. The molecule has 0 amide bonds. The minimum Gasteiger partial charge on any atom is -0.292 e. The van der Waals surface area contributed by atoms with Crippen molar-refractivity contribution in [1.29, 1.82) is 5.26 Å². The zero-order chi connectivity index (χ0) is 15.6. The summed E-state index contributed by atoms with van der Waals surface area (Å²) in [6.07, 6.45) is 0. The van der Waals surface area contributed by atoms with Crippen molar-refractivity contribution >= 4 is 29.0 Å². The van der Waals surface area contributed by atoms with E-state index in [0.29, 0.717) is 0 Å². The zero-order valence-electron chi connectivity index (χ0n) is 10.4. The molecule has 0 aliphatic heterocycles. The van der Waals surface area contributed by atoms with Gasteiger partial charge >= 0.3 is 0 Å². The van der Waals surface area contributed by atoms with E-state index in [-0.39, 0.29) is 21.2 Å². The van der Waals surface area contributed by atoms with Crippen LogP contribution in [-0.2, 0) is 0 Å². The maximum atomic E-state index is 13.1. The van der Waals surface area contributed by atoms with Crippen LogP contribution in [0.4, 0.5) is 8.78 Å². The first kappa shape index (κ1) is 15.4. The van der Waals surface area contributed by atoms with Crippen LogP contribution in [0.5, 0.6) is 0 Å². The first-order valence-electron chi connectivity index (χ1n) is 5.78. The zero-order valence-corrected chi connectivity index (χ0v) is 11.9. The Morgan fingerprint density at radius 2 is 1.81 bits per heavy atom. The number of Topliss-reactive ketones (excluding diaryl/α,β-unsaturated/α-hetero) is 1. The van der Waals surface area contributed by atoms with Gasteiger partial charge < -0.3 is 0 Å². The fourth-order valence-electron chi connectivity index (χ4n) is 1.82. The Labute approximate surface area is 129 Å². The van der Waals surface area contributed by atoms with E-state index in [9.17, 15) is 18.8 Å². The lowest BCUT2D eigenvalue weighted by Gasteiger charge is -2.11. The third kappa shape index (κ3) is 3.21. The van der Waals surface area contributed by atoms with Gasteiger partial charge in [-0.05, 0) is 35.9 Å². The average molecular weight is 326 g/mol. The average Bonchev–Trinajstić information content (AvgIpc) is 2.44. The number of rotatable bonds is 3. The van der Waals surface area contributed by atoms with Crippen LogP contribution in [0.1, 0.15) is 21.8 Å². The normalized spacial score (nSPS) is 11.8. The van der Waals surface area contributed by atoms with Gasteiger partial charge in [-0.25, -0.2) is 8.78 Å². The Bertz CT molecular complexity index is 756. The second kappa shape index (κ2) is 6.21. The number of carbonyl (C=O) groups excluding carboxylic acids is 1. The van der Waals surface area contributed by atoms with Gasteiger partial charge in [-0.1, -0.05) is 29.3 Å². The van der Waals surface area contributed by atoms with Crippen LogP contribution in [0.25, 0.3) is 0 Å². The van der Waals surface area contributed by atoms with Gasteiger partial charge in [0.2, 0.25) is 0 Å². The van der Waals surface area contributed by atoms with E-state index in [1.54, 1.807) is 0 Å². The largest absolute Gasteiger partial charge is 0.292 e. The van der Waals surface area contributed by atoms with Crippen LogP contribution in [0.15, 0.2) is 36.4 Å². The molecule has 0 N–H and O–H groups in total. The van der Waals surface area contributed by atoms with Crippen molar-refractivity contribution in [2.75, 3.05) is 0 Å². The highest BCUT2D eigenvalue weighted by atomic mass is 35.5. The number of carbonyl (C=O) groups is 1. The molecule has 106 valence electrons. The van der Waals surface area contributed by atoms with Crippen LogP contribution >= 0.6 is 23.2 Å². The molecule has 0 radical (unpaired) electrons. The van der Waals surface area contributed by atoms with E-state index >= 15 is 0 Å². The van der Waals surface area contributed by atoms with Crippen LogP contribution < -0.4 is 0 Å². The minimum absolute atomic E-state index is 0.0249. The molecule has 0 heterocycles. The summed E-state index contributed by atoms with van der Waals surface area (Å²) in [7, 11) is 0. The summed E-state index contributed by atoms with van der Waals surface area (Å²) in [5.74, 6) is -3.05. The molecule has 2 nitrogen and oxygen atoms in total. The fraction of sp³-hybridized carbons (Fsp3) is 0.0667. The molecule has 2 aromatic rings. The first-order chi connectivity index (χ1) is 9.93. The van der Waals surface area contributed by atoms with E-state index in [4.69, 9.17) is 23.2 Å². The fourth-order valence-corrected chi connectivity index (χ4v) is 2.28. The second-order valence-corrected chi connectivity index (χ2v) is 5.04. The summed E-state index contributed by atoms with van der Waals surface area (Å²) in [5, 5.41) is 8.95. The molecule has 0 fully saturated rings. The molecule has 2 rings (SSSR count). The molecule has 0 saturated heterocycles. The quantitative estimate of drug-likeness (QED) is 0.763. The van der Waals surface area contributed by atoms with Gasteiger partial charge in [-0.3, -0.25) is 4.79 Å². The van der Waals surface area contributed by atoms with Gasteiger partial charge in [0.05, 0.1) is 11.1 Å².